The molecule has 3 aromatic carbocycles. The van der Waals surface area contributed by atoms with Gasteiger partial charge in [-0.05, 0) is 48.7 Å². The number of amides is 1. The largest absolute Gasteiger partial charge is 0.490 e. The summed E-state index contributed by atoms with van der Waals surface area (Å²) in [5, 5.41) is 12.8. The molecule has 6 heteroatoms. The van der Waals surface area contributed by atoms with Crippen molar-refractivity contribution in [3.63, 3.8) is 0 Å². The van der Waals surface area contributed by atoms with E-state index in [1.807, 2.05) is 80.6 Å². The van der Waals surface area contributed by atoms with Gasteiger partial charge in [0, 0.05) is 0 Å². The number of nitrogens with one attached hydrogen (secondary N) is 1. The van der Waals surface area contributed by atoms with E-state index in [0.29, 0.717) is 35.3 Å². The summed E-state index contributed by atoms with van der Waals surface area (Å²) in [4.78, 5) is 12.7. The summed E-state index contributed by atoms with van der Waals surface area (Å²) >= 11 is 6.49. The number of rotatable bonds is 9. The smallest absolute Gasteiger partial charge is 0.262 e. The molecule has 0 fully saturated rings. The predicted octanol–water partition coefficient (Wildman–Crippen LogP) is 6.10. The first kappa shape index (κ1) is 23.9. The predicted molar refractivity (Wildman–Crippen MR) is 130 cm³/mol. The Labute approximate surface area is 199 Å². The Hall–Kier alpha value is -3.75. The molecule has 0 aromatic heterocycles. The minimum absolute atomic E-state index is 0.0331. The Morgan fingerprint density at radius 3 is 2.39 bits per heavy atom. The van der Waals surface area contributed by atoms with E-state index in [-0.39, 0.29) is 11.6 Å². The number of hydrogen-bond donors (Lipinski definition) is 1. The summed E-state index contributed by atoms with van der Waals surface area (Å²) in [7, 11) is 0. The molecule has 0 heterocycles. The van der Waals surface area contributed by atoms with E-state index < -0.39 is 5.91 Å². The van der Waals surface area contributed by atoms with Gasteiger partial charge in [0.05, 0.1) is 17.7 Å². The van der Waals surface area contributed by atoms with E-state index in [2.05, 4.69) is 5.32 Å². The van der Waals surface area contributed by atoms with Gasteiger partial charge in [0.1, 0.15) is 18.2 Å². The van der Waals surface area contributed by atoms with Gasteiger partial charge in [-0.1, -0.05) is 72.3 Å². The van der Waals surface area contributed by atoms with Crippen LogP contribution < -0.4 is 14.8 Å². The summed E-state index contributed by atoms with van der Waals surface area (Å²) in [5.74, 6) is 0.398. The van der Waals surface area contributed by atoms with E-state index in [9.17, 15) is 10.1 Å². The molecule has 1 atom stereocenters. The van der Waals surface area contributed by atoms with Crippen LogP contribution in [0.25, 0.3) is 6.08 Å². The maximum Gasteiger partial charge on any atom is 0.262 e. The highest BCUT2D eigenvalue weighted by molar-refractivity contribution is 6.32. The van der Waals surface area contributed by atoms with E-state index in [1.54, 1.807) is 12.1 Å². The van der Waals surface area contributed by atoms with Gasteiger partial charge >= 0.3 is 0 Å². The second-order valence-corrected chi connectivity index (χ2v) is 7.72. The second-order valence-electron chi connectivity index (χ2n) is 7.31. The van der Waals surface area contributed by atoms with Gasteiger partial charge in [-0.15, -0.1) is 0 Å². The Balaban J connectivity index is 1.81. The van der Waals surface area contributed by atoms with Gasteiger partial charge in [0.2, 0.25) is 0 Å². The molecule has 0 saturated carbocycles. The van der Waals surface area contributed by atoms with Crippen LogP contribution in [0, 0.1) is 11.3 Å². The number of nitrogens with zero attached hydrogens (tertiary/aromatic N) is 1. The molecule has 0 unspecified atom stereocenters. The van der Waals surface area contributed by atoms with Crippen molar-refractivity contribution >= 4 is 23.6 Å². The van der Waals surface area contributed by atoms with Gasteiger partial charge in [-0.2, -0.15) is 5.26 Å². The zero-order chi connectivity index (χ0) is 23.6. The summed E-state index contributed by atoms with van der Waals surface area (Å²) in [6.45, 7) is 4.46. The number of nitriles is 1. The zero-order valence-corrected chi connectivity index (χ0v) is 19.3. The van der Waals surface area contributed by atoms with Crippen LogP contribution in [0.4, 0.5) is 0 Å². The lowest BCUT2D eigenvalue weighted by atomic mass is 10.1. The lowest BCUT2D eigenvalue weighted by Crippen LogP contribution is -2.27. The van der Waals surface area contributed by atoms with Crippen LogP contribution in [-0.2, 0) is 11.4 Å². The minimum Gasteiger partial charge on any atom is -0.490 e. The fourth-order valence-electron chi connectivity index (χ4n) is 3.22. The van der Waals surface area contributed by atoms with Crippen LogP contribution in [0.3, 0.4) is 0 Å². The van der Waals surface area contributed by atoms with E-state index in [1.165, 1.54) is 6.08 Å². The van der Waals surface area contributed by atoms with Gasteiger partial charge < -0.3 is 14.8 Å². The molecule has 168 valence electrons. The summed E-state index contributed by atoms with van der Waals surface area (Å²) < 4.78 is 11.6. The van der Waals surface area contributed by atoms with Gasteiger partial charge in [0.15, 0.2) is 11.5 Å². The molecule has 33 heavy (non-hydrogen) atoms. The lowest BCUT2D eigenvalue weighted by molar-refractivity contribution is -0.117. The van der Waals surface area contributed by atoms with Crippen molar-refractivity contribution in [1.29, 1.82) is 5.26 Å². The Bertz CT molecular complexity index is 1160. The first-order chi connectivity index (χ1) is 16.0. The Morgan fingerprint density at radius 1 is 1.09 bits per heavy atom. The molecule has 3 aromatic rings. The number of benzene rings is 3. The molecule has 0 aliphatic rings. The van der Waals surface area contributed by atoms with Crippen molar-refractivity contribution in [2.75, 3.05) is 6.61 Å². The second kappa shape index (κ2) is 11.8. The number of carbonyl (C=O) groups is 1. The lowest BCUT2D eigenvalue weighted by Gasteiger charge is -2.15. The average Bonchev–Trinajstić information content (AvgIpc) is 2.83. The standard InChI is InChI=1S/C27H25ClN2O3/c1-3-32-25-16-21(15-24(28)26(25)33-18-20-10-6-4-7-11-20)14-23(17-29)27(31)30-19(2)22-12-8-5-9-13-22/h4-16,19H,3,18H2,1-2H3,(H,30,31)/b23-14-/t19-/m0/s1. The fraction of sp³-hybridized carbons (Fsp3) is 0.185. The highest BCUT2D eigenvalue weighted by atomic mass is 35.5. The zero-order valence-electron chi connectivity index (χ0n) is 18.5. The molecule has 0 aliphatic heterocycles. The molecule has 5 nitrogen and oxygen atoms in total. The molecular formula is C27H25ClN2O3. The first-order valence-electron chi connectivity index (χ1n) is 10.6. The van der Waals surface area contributed by atoms with Crippen LogP contribution in [0.5, 0.6) is 11.5 Å². The molecule has 1 amide bonds. The van der Waals surface area contributed by atoms with Crippen LogP contribution in [0.1, 0.15) is 36.6 Å². The normalized spacial score (nSPS) is 11.9. The highest BCUT2D eigenvalue weighted by Gasteiger charge is 2.16. The van der Waals surface area contributed by atoms with Crippen molar-refractivity contribution in [2.24, 2.45) is 0 Å². The molecule has 1 N–H and O–H groups in total. The molecule has 0 bridgehead atoms. The van der Waals surface area contributed by atoms with Crippen molar-refractivity contribution in [1.82, 2.24) is 5.32 Å². The van der Waals surface area contributed by atoms with Crippen LogP contribution >= 0.6 is 11.6 Å². The fourth-order valence-corrected chi connectivity index (χ4v) is 3.49. The topological polar surface area (TPSA) is 71.3 Å². The highest BCUT2D eigenvalue weighted by Crippen LogP contribution is 2.38. The van der Waals surface area contributed by atoms with Crippen molar-refractivity contribution in [3.05, 3.63) is 100 Å². The quantitative estimate of drug-likeness (QED) is 0.309. The summed E-state index contributed by atoms with van der Waals surface area (Å²) in [6.07, 6.45) is 1.49. The first-order valence-corrected chi connectivity index (χ1v) is 11.0. The van der Waals surface area contributed by atoms with Crippen LogP contribution in [-0.4, -0.2) is 12.5 Å². The van der Waals surface area contributed by atoms with Crippen LogP contribution in [0.15, 0.2) is 78.4 Å². The van der Waals surface area contributed by atoms with Gasteiger partial charge in [-0.3, -0.25) is 4.79 Å². The molecule has 0 saturated heterocycles. The number of carbonyl (C=O) groups excluding carboxylic acids is 1. The monoisotopic (exact) mass is 460 g/mol. The SMILES string of the molecule is CCOc1cc(/C=C(/C#N)C(=O)N[C@@H](C)c2ccccc2)cc(Cl)c1OCc1ccccc1. The maximum atomic E-state index is 12.7. The number of ether oxygens (including phenoxy) is 2. The number of halogens is 1. The van der Waals surface area contributed by atoms with Crippen molar-refractivity contribution in [2.45, 2.75) is 26.5 Å². The third kappa shape index (κ3) is 6.61. The summed E-state index contributed by atoms with van der Waals surface area (Å²) in [6, 6.07) is 24.4. The van der Waals surface area contributed by atoms with E-state index >= 15 is 0 Å². The van der Waals surface area contributed by atoms with Crippen LogP contribution in [0.2, 0.25) is 5.02 Å². The maximum absolute atomic E-state index is 12.7. The third-order valence-corrected chi connectivity index (χ3v) is 5.16. The molecule has 3 rings (SSSR count). The Morgan fingerprint density at radius 2 is 1.76 bits per heavy atom. The van der Waals surface area contributed by atoms with E-state index in [0.717, 1.165) is 11.1 Å². The van der Waals surface area contributed by atoms with Crippen molar-refractivity contribution < 1.29 is 14.3 Å². The minimum atomic E-state index is -0.465. The number of hydrogen-bond acceptors (Lipinski definition) is 4. The molecule has 0 aliphatic carbocycles. The third-order valence-electron chi connectivity index (χ3n) is 4.88. The van der Waals surface area contributed by atoms with Gasteiger partial charge in [0.25, 0.3) is 5.91 Å². The Kier molecular flexibility index (Phi) is 8.51. The average molecular weight is 461 g/mol. The summed E-state index contributed by atoms with van der Waals surface area (Å²) in [5.41, 5.74) is 2.48. The van der Waals surface area contributed by atoms with Gasteiger partial charge in [-0.25, -0.2) is 0 Å². The molecular weight excluding hydrogens is 436 g/mol. The van der Waals surface area contributed by atoms with Crippen molar-refractivity contribution in [3.8, 4) is 17.6 Å². The molecule has 0 spiro atoms. The van der Waals surface area contributed by atoms with E-state index in [4.69, 9.17) is 21.1 Å². The molecule has 0 radical (unpaired) electrons.